The molecule has 1 aliphatic carbocycles. The summed E-state index contributed by atoms with van der Waals surface area (Å²) >= 11 is 0. The lowest BCUT2D eigenvalue weighted by molar-refractivity contribution is -0.0963. The van der Waals surface area contributed by atoms with Gasteiger partial charge in [0.25, 0.3) is 0 Å². The van der Waals surface area contributed by atoms with E-state index in [1.54, 1.807) is 17.9 Å². The monoisotopic (exact) mass is 225 g/mol. The smallest absolute Gasteiger partial charge is 0.0909 e. The zero-order valence-corrected chi connectivity index (χ0v) is 9.63. The van der Waals surface area contributed by atoms with Crippen LogP contribution in [0.4, 0.5) is 0 Å². The van der Waals surface area contributed by atoms with E-state index in [1.807, 2.05) is 0 Å². The summed E-state index contributed by atoms with van der Waals surface area (Å²) in [5.74, 6) is 0. The van der Waals surface area contributed by atoms with Gasteiger partial charge in [-0.25, -0.2) is 0 Å². The van der Waals surface area contributed by atoms with E-state index in [9.17, 15) is 10.2 Å². The van der Waals surface area contributed by atoms with Gasteiger partial charge in [0.05, 0.1) is 17.4 Å². The van der Waals surface area contributed by atoms with Crippen LogP contribution < -0.4 is 0 Å². The predicted molar refractivity (Wildman–Crippen MR) is 58.7 cm³/mol. The zero-order valence-electron chi connectivity index (χ0n) is 9.63. The average molecular weight is 225 g/mol. The van der Waals surface area contributed by atoms with E-state index in [1.165, 1.54) is 0 Å². The van der Waals surface area contributed by atoms with Gasteiger partial charge in [-0.3, -0.25) is 4.68 Å². The zero-order chi connectivity index (χ0) is 11.6. The number of rotatable bonds is 3. The third-order valence-electron chi connectivity index (χ3n) is 3.39. The van der Waals surface area contributed by atoms with Crippen LogP contribution in [0, 0.1) is 0 Å². The molecule has 0 spiro atoms. The summed E-state index contributed by atoms with van der Waals surface area (Å²) in [6.07, 6.45) is 5.94. The lowest BCUT2D eigenvalue weighted by Crippen LogP contribution is -2.45. The van der Waals surface area contributed by atoms with Crippen LogP contribution in [0.3, 0.4) is 0 Å². The van der Waals surface area contributed by atoms with Crippen molar-refractivity contribution in [1.29, 1.82) is 0 Å². The second-order valence-corrected chi connectivity index (χ2v) is 4.77. The first kappa shape index (κ1) is 11.5. The molecule has 0 radical (unpaired) electrons. The van der Waals surface area contributed by atoms with Gasteiger partial charge in [0.15, 0.2) is 0 Å². The average Bonchev–Trinajstić information content (AvgIpc) is 2.65. The quantitative estimate of drug-likeness (QED) is 0.781. The molecule has 1 atom stereocenters. The largest absolute Gasteiger partial charge is 0.390 e. The van der Waals surface area contributed by atoms with E-state index in [2.05, 4.69) is 10.3 Å². The summed E-state index contributed by atoms with van der Waals surface area (Å²) < 4.78 is 1.60. The van der Waals surface area contributed by atoms with Gasteiger partial charge in [0.1, 0.15) is 0 Å². The highest BCUT2D eigenvalue weighted by molar-refractivity contribution is 5.00. The summed E-state index contributed by atoms with van der Waals surface area (Å²) in [7, 11) is 1.79. The van der Waals surface area contributed by atoms with Gasteiger partial charge in [0.2, 0.25) is 0 Å². The maximum absolute atomic E-state index is 10.3. The van der Waals surface area contributed by atoms with Crippen molar-refractivity contribution in [2.24, 2.45) is 7.05 Å². The van der Waals surface area contributed by atoms with E-state index in [0.29, 0.717) is 19.3 Å². The van der Waals surface area contributed by atoms with Crippen LogP contribution in [0.25, 0.3) is 0 Å². The predicted octanol–water partition coefficient (Wildman–Crippen LogP) is 0.414. The van der Waals surface area contributed by atoms with Crippen molar-refractivity contribution in [2.75, 3.05) is 0 Å². The van der Waals surface area contributed by atoms with Crippen LogP contribution in [-0.4, -0.2) is 36.9 Å². The minimum atomic E-state index is -0.921. The summed E-state index contributed by atoms with van der Waals surface area (Å²) in [6, 6.07) is 0. The van der Waals surface area contributed by atoms with Crippen LogP contribution >= 0.6 is 0 Å². The van der Waals surface area contributed by atoms with Crippen molar-refractivity contribution in [3.8, 4) is 0 Å². The van der Waals surface area contributed by atoms with Crippen LogP contribution in [-0.2, 0) is 13.5 Å². The Morgan fingerprint density at radius 3 is 2.69 bits per heavy atom. The molecule has 1 aliphatic rings. The number of aliphatic hydroxyl groups excluding tert-OH is 1. The number of aromatic nitrogens is 3. The topological polar surface area (TPSA) is 71.2 Å². The molecule has 1 aromatic heterocycles. The SMILES string of the molecule is Cn1cc(CC(O)C2(O)CCCCC2)nn1. The molecular formula is C11H19N3O2. The minimum absolute atomic E-state index is 0.379. The molecule has 16 heavy (non-hydrogen) atoms. The third kappa shape index (κ3) is 2.41. The molecule has 0 saturated heterocycles. The van der Waals surface area contributed by atoms with Gasteiger partial charge in [-0.1, -0.05) is 24.5 Å². The summed E-state index contributed by atoms with van der Waals surface area (Å²) in [4.78, 5) is 0. The summed E-state index contributed by atoms with van der Waals surface area (Å²) in [6.45, 7) is 0. The Balaban J connectivity index is 1.98. The molecule has 2 rings (SSSR count). The molecule has 1 fully saturated rings. The number of nitrogens with zero attached hydrogens (tertiary/aromatic N) is 3. The van der Waals surface area contributed by atoms with Crippen LogP contribution in [0.1, 0.15) is 37.8 Å². The standard InChI is InChI=1S/C11H19N3O2/c1-14-8-9(12-13-14)7-10(15)11(16)5-3-2-4-6-11/h8,10,15-16H,2-7H2,1H3. The lowest BCUT2D eigenvalue weighted by Gasteiger charge is -2.36. The van der Waals surface area contributed by atoms with Crippen LogP contribution in [0.15, 0.2) is 6.20 Å². The fourth-order valence-electron chi connectivity index (χ4n) is 2.37. The molecule has 5 nitrogen and oxygen atoms in total. The fourth-order valence-corrected chi connectivity index (χ4v) is 2.37. The van der Waals surface area contributed by atoms with Crippen molar-refractivity contribution in [3.05, 3.63) is 11.9 Å². The Hall–Kier alpha value is -0.940. The van der Waals surface area contributed by atoms with Crippen LogP contribution in [0.2, 0.25) is 0 Å². The first-order chi connectivity index (χ1) is 7.60. The Kier molecular flexibility index (Phi) is 3.25. The van der Waals surface area contributed by atoms with E-state index >= 15 is 0 Å². The second-order valence-electron chi connectivity index (χ2n) is 4.77. The summed E-state index contributed by atoms with van der Waals surface area (Å²) in [5.41, 5.74) is -0.190. The van der Waals surface area contributed by atoms with E-state index in [-0.39, 0.29) is 0 Å². The Morgan fingerprint density at radius 2 is 2.12 bits per heavy atom. The van der Waals surface area contributed by atoms with Crippen molar-refractivity contribution < 1.29 is 10.2 Å². The van der Waals surface area contributed by atoms with Gasteiger partial charge in [-0.2, -0.15) is 0 Å². The Bertz CT molecular complexity index is 345. The lowest BCUT2D eigenvalue weighted by atomic mass is 9.79. The van der Waals surface area contributed by atoms with Gasteiger partial charge in [-0.15, -0.1) is 5.10 Å². The Morgan fingerprint density at radius 1 is 1.44 bits per heavy atom. The molecule has 1 aromatic rings. The molecule has 2 N–H and O–H groups in total. The summed E-state index contributed by atoms with van der Waals surface area (Å²) in [5, 5.41) is 28.1. The molecule has 0 amide bonds. The fraction of sp³-hybridized carbons (Fsp3) is 0.818. The molecule has 0 aromatic carbocycles. The van der Waals surface area contributed by atoms with Crippen molar-refractivity contribution in [1.82, 2.24) is 15.0 Å². The molecule has 0 aliphatic heterocycles. The first-order valence-electron chi connectivity index (χ1n) is 5.86. The number of aliphatic hydroxyl groups is 2. The van der Waals surface area contributed by atoms with Crippen LogP contribution in [0.5, 0.6) is 0 Å². The van der Waals surface area contributed by atoms with E-state index < -0.39 is 11.7 Å². The van der Waals surface area contributed by atoms with Gasteiger partial charge >= 0.3 is 0 Å². The van der Waals surface area contributed by atoms with Gasteiger partial charge in [0, 0.05) is 19.7 Å². The molecule has 1 heterocycles. The number of hydrogen-bond donors (Lipinski definition) is 2. The maximum Gasteiger partial charge on any atom is 0.0909 e. The van der Waals surface area contributed by atoms with E-state index in [0.717, 1.165) is 25.0 Å². The normalized spacial score (nSPS) is 21.9. The number of aryl methyl sites for hydroxylation is 1. The van der Waals surface area contributed by atoms with Gasteiger partial charge < -0.3 is 10.2 Å². The minimum Gasteiger partial charge on any atom is -0.390 e. The van der Waals surface area contributed by atoms with Gasteiger partial charge in [-0.05, 0) is 12.8 Å². The third-order valence-corrected chi connectivity index (χ3v) is 3.39. The molecule has 5 heteroatoms. The molecule has 1 saturated carbocycles. The highest BCUT2D eigenvalue weighted by atomic mass is 16.3. The van der Waals surface area contributed by atoms with Crippen molar-refractivity contribution in [2.45, 2.75) is 50.2 Å². The second kappa shape index (κ2) is 4.51. The highest BCUT2D eigenvalue weighted by Crippen LogP contribution is 2.31. The van der Waals surface area contributed by atoms with Crippen molar-refractivity contribution >= 4 is 0 Å². The highest BCUT2D eigenvalue weighted by Gasteiger charge is 2.37. The Labute approximate surface area is 95.1 Å². The first-order valence-corrected chi connectivity index (χ1v) is 5.86. The van der Waals surface area contributed by atoms with E-state index in [4.69, 9.17) is 0 Å². The molecule has 0 bridgehead atoms. The molecule has 90 valence electrons. The van der Waals surface area contributed by atoms with Crippen molar-refractivity contribution in [3.63, 3.8) is 0 Å². The maximum atomic E-state index is 10.3. The number of hydrogen-bond acceptors (Lipinski definition) is 4. The molecule has 1 unspecified atom stereocenters. The molecular weight excluding hydrogens is 206 g/mol.